The van der Waals surface area contributed by atoms with Crippen molar-refractivity contribution in [3.8, 4) is 11.3 Å². The molecule has 1 aliphatic heterocycles. The first-order chi connectivity index (χ1) is 10.9. The normalized spacial score (nSPS) is 15.6. The maximum absolute atomic E-state index is 4.36. The Morgan fingerprint density at radius 2 is 1.82 bits per heavy atom. The monoisotopic (exact) mass is 297 g/mol. The van der Waals surface area contributed by atoms with Gasteiger partial charge < -0.3 is 10.2 Å². The molecular formula is C17H23N5. The third-order valence-corrected chi connectivity index (χ3v) is 4.00. The standard InChI is InChI=1S/C17H23N5/c1-4-10-22(11-5-1)12-6-9-19-17-20-13-15(14-21-17)16-7-2-3-8-18-16/h2-3,7-8,13-14H,1,4-6,9-12H2,(H,19,20,21). The fraction of sp³-hybridized carbons (Fsp3) is 0.471. The van der Waals surface area contributed by atoms with Gasteiger partial charge in [0.2, 0.25) is 5.95 Å². The van der Waals surface area contributed by atoms with E-state index in [1.807, 2.05) is 30.6 Å². The Kier molecular flexibility index (Phi) is 5.32. The smallest absolute Gasteiger partial charge is 0.222 e. The van der Waals surface area contributed by atoms with Gasteiger partial charge in [0.25, 0.3) is 0 Å². The zero-order valence-corrected chi connectivity index (χ0v) is 12.9. The van der Waals surface area contributed by atoms with E-state index in [0.717, 1.165) is 24.2 Å². The van der Waals surface area contributed by atoms with Crippen molar-refractivity contribution in [2.24, 2.45) is 0 Å². The molecule has 1 N–H and O–H groups in total. The Bertz CT molecular complexity index is 549. The average molecular weight is 297 g/mol. The third kappa shape index (κ3) is 4.24. The molecule has 0 aliphatic carbocycles. The number of pyridine rings is 1. The summed E-state index contributed by atoms with van der Waals surface area (Å²) in [4.78, 5) is 15.6. The SMILES string of the molecule is c1ccc(-c2cnc(NCCCN3CCCCC3)nc2)nc1. The van der Waals surface area contributed by atoms with Gasteiger partial charge >= 0.3 is 0 Å². The number of piperidine rings is 1. The molecule has 2 aromatic rings. The lowest BCUT2D eigenvalue weighted by Crippen LogP contribution is -2.31. The van der Waals surface area contributed by atoms with Crippen LogP contribution in [-0.4, -0.2) is 46.0 Å². The number of hydrogen-bond acceptors (Lipinski definition) is 5. The van der Waals surface area contributed by atoms with E-state index in [9.17, 15) is 0 Å². The van der Waals surface area contributed by atoms with Crippen molar-refractivity contribution < 1.29 is 0 Å². The number of nitrogens with zero attached hydrogens (tertiary/aromatic N) is 4. The number of nitrogens with one attached hydrogen (secondary N) is 1. The van der Waals surface area contributed by atoms with Gasteiger partial charge in [0.1, 0.15) is 0 Å². The molecule has 0 amide bonds. The molecule has 2 aromatic heterocycles. The number of aromatic nitrogens is 3. The molecule has 5 heteroatoms. The average Bonchev–Trinajstić information content (AvgIpc) is 2.61. The molecule has 0 aromatic carbocycles. The predicted octanol–water partition coefficient (Wildman–Crippen LogP) is 2.83. The third-order valence-electron chi connectivity index (χ3n) is 4.00. The number of rotatable bonds is 6. The topological polar surface area (TPSA) is 53.9 Å². The highest BCUT2D eigenvalue weighted by Crippen LogP contribution is 2.14. The Hall–Kier alpha value is -2.01. The highest BCUT2D eigenvalue weighted by Gasteiger charge is 2.09. The second kappa shape index (κ2) is 7.84. The molecule has 0 bridgehead atoms. The van der Waals surface area contributed by atoms with E-state index in [0.29, 0.717) is 5.95 Å². The van der Waals surface area contributed by atoms with Gasteiger partial charge in [0, 0.05) is 30.7 Å². The van der Waals surface area contributed by atoms with Gasteiger partial charge in [0.05, 0.1) is 5.69 Å². The molecule has 22 heavy (non-hydrogen) atoms. The molecule has 1 aliphatic rings. The Balaban J connectivity index is 1.43. The van der Waals surface area contributed by atoms with Crippen LogP contribution < -0.4 is 5.32 Å². The van der Waals surface area contributed by atoms with Crippen molar-refractivity contribution in [1.82, 2.24) is 19.9 Å². The minimum atomic E-state index is 0.693. The molecule has 0 saturated carbocycles. The summed E-state index contributed by atoms with van der Waals surface area (Å²) in [7, 11) is 0. The zero-order valence-electron chi connectivity index (χ0n) is 12.9. The van der Waals surface area contributed by atoms with Crippen molar-refractivity contribution in [2.75, 3.05) is 31.5 Å². The Morgan fingerprint density at radius 1 is 1.00 bits per heavy atom. The summed E-state index contributed by atoms with van der Waals surface area (Å²) >= 11 is 0. The lowest BCUT2D eigenvalue weighted by molar-refractivity contribution is 0.228. The minimum absolute atomic E-state index is 0.693. The van der Waals surface area contributed by atoms with Crippen LogP contribution in [0.1, 0.15) is 25.7 Å². The molecule has 116 valence electrons. The summed E-state index contributed by atoms with van der Waals surface area (Å²) in [5, 5.41) is 3.29. The summed E-state index contributed by atoms with van der Waals surface area (Å²) in [6, 6.07) is 5.84. The molecule has 5 nitrogen and oxygen atoms in total. The number of anilines is 1. The second-order valence-corrected chi connectivity index (χ2v) is 5.69. The molecule has 0 spiro atoms. The van der Waals surface area contributed by atoms with E-state index in [1.165, 1.54) is 38.9 Å². The van der Waals surface area contributed by atoms with E-state index in [4.69, 9.17) is 0 Å². The first-order valence-corrected chi connectivity index (χ1v) is 8.11. The van der Waals surface area contributed by atoms with Gasteiger partial charge in [-0.25, -0.2) is 9.97 Å². The van der Waals surface area contributed by atoms with Crippen molar-refractivity contribution >= 4 is 5.95 Å². The van der Waals surface area contributed by atoms with Crippen LogP contribution in [0.5, 0.6) is 0 Å². The molecule has 0 radical (unpaired) electrons. The molecule has 0 unspecified atom stereocenters. The van der Waals surface area contributed by atoms with Crippen LogP contribution in [0.25, 0.3) is 11.3 Å². The van der Waals surface area contributed by atoms with E-state index < -0.39 is 0 Å². The molecule has 3 rings (SSSR count). The van der Waals surface area contributed by atoms with Crippen molar-refractivity contribution in [1.29, 1.82) is 0 Å². The van der Waals surface area contributed by atoms with Gasteiger partial charge in [-0.15, -0.1) is 0 Å². The van der Waals surface area contributed by atoms with Gasteiger partial charge in [0.15, 0.2) is 0 Å². The Labute approximate surface area is 131 Å². The molecule has 0 atom stereocenters. The van der Waals surface area contributed by atoms with Crippen LogP contribution in [0, 0.1) is 0 Å². The number of hydrogen-bond donors (Lipinski definition) is 1. The molecule has 3 heterocycles. The van der Waals surface area contributed by atoms with E-state index in [2.05, 4.69) is 25.2 Å². The van der Waals surface area contributed by atoms with E-state index in [1.54, 1.807) is 6.20 Å². The summed E-state index contributed by atoms with van der Waals surface area (Å²) in [6.45, 7) is 4.60. The van der Waals surface area contributed by atoms with Crippen molar-refractivity contribution in [2.45, 2.75) is 25.7 Å². The molecule has 1 fully saturated rings. The fourth-order valence-corrected chi connectivity index (χ4v) is 2.77. The van der Waals surface area contributed by atoms with Crippen LogP contribution in [0.3, 0.4) is 0 Å². The first kappa shape index (κ1) is 14.9. The summed E-state index contributed by atoms with van der Waals surface area (Å²) < 4.78 is 0. The lowest BCUT2D eigenvalue weighted by Gasteiger charge is -2.26. The van der Waals surface area contributed by atoms with Gasteiger partial charge in [-0.2, -0.15) is 0 Å². The van der Waals surface area contributed by atoms with Crippen molar-refractivity contribution in [3.63, 3.8) is 0 Å². The summed E-state index contributed by atoms with van der Waals surface area (Å²) in [6.07, 6.45) is 10.7. The maximum atomic E-state index is 4.36. The van der Waals surface area contributed by atoms with Gasteiger partial charge in [-0.1, -0.05) is 12.5 Å². The van der Waals surface area contributed by atoms with Crippen LogP contribution in [0.2, 0.25) is 0 Å². The zero-order chi connectivity index (χ0) is 15.0. The van der Waals surface area contributed by atoms with Crippen LogP contribution in [0.4, 0.5) is 5.95 Å². The van der Waals surface area contributed by atoms with Crippen LogP contribution in [-0.2, 0) is 0 Å². The largest absolute Gasteiger partial charge is 0.354 e. The molecular weight excluding hydrogens is 274 g/mol. The highest BCUT2D eigenvalue weighted by atomic mass is 15.1. The lowest BCUT2D eigenvalue weighted by atomic mass is 10.1. The fourth-order valence-electron chi connectivity index (χ4n) is 2.77. The van der Waals surface area contributed by atoms with Gasteiger partial charge in [-0.3, -0.25) is 4.98 Å². The van der Waals surface area contributed by atoms with Gasteiger partial charge in [-0.05, 0) is 51.0 Å². The highest BCUT2D eigenvalue weighted by molar-refractivity contribution is 5.56. The minimum Gasteiger partial charge on any atom is -0.354 e. The summed E-state index contributed by atoms with van der Waals surface area (Å²) in [5.41, 5.74) is 1.85. The van der Waals surface area contributed by atoms with Crippen LogP contribution in [0.15, 0.2) is 36.8 Å². The quantitative estimate of drug-likeness (QED) is 0.831. The van der Waals surface area contributed by atoms with Crippen LogP contribution >= 0.6 is 0 Å². The second-order valence-electron chi connectivity index (χ2n) is 5.69. The molecule has 1 saturated heterocycles. The Morgan fingerprint density at radius 3 is 2.55 bits per heavy atom. The van der Waals surface area contributed by atoms with E-state index in [-0.39, 0.29) is 0 Å². The number of likely N-dealkylation sites (tertiary alicyclic amines) is 1. The first-order valence-electron chi connectivity index (χ1n) is 8.11. The maximum Gasteiger partial charge on any atom is 0.222 e. The van der Waals surface area contributed by atoms with Crippen molar-refractivity contribution in [3.05, 3.63) is 36.8 Å². The summed E-state index contributed by atoms with van der Waals surface area (Å²) in [5.74, 6) is 0.693. The van der Waals surface area contributed by atoms with E-state index >= 15 is 0 Å². The predicted molar refractivity (Wildman–Crippen MR) is 88.7 cm³/mol.